The molecule has 4 nitrogen and oxygen atoms in total. The van der Waals surface area contributed by atoms with E-state index in [9.17, 15) is 4.79 Å². The van der Waals surface area contributed by atoms with Crippen LogP contribution in [0.1, 0.15) is 50.1 Å². The number of carbonyl (C=O) groups is 1. The molecule has 2 heterocycles. The molecular weight excluding hydrogens is 266 g/mol. The molecule has 1 aromatic rings. The highest BCUT2D eigenvalue weighted by Crippen LogP contribution is 2.31. The lowest BCUT2D eigenvalue weighted by atomic mass is 10.0. The van der Waals surface area contributed by atoms with Crippen molar-refractivity contribution in [2.45, 2.75) is 50.7 Å². The van der Waals surface area contributed by atoms with Crippen molar-refractivity contribution in [1.82, 2.24) is 5.32 Å². The molecule has 21 heavy (non-hydrogen) atoms. The zero-order chi connectivity index (χ0) is 14.5. The zero-order valence-electron chi connectivity index (χ0n) is 12.3. The maximum Gasteiger partial charge on any atom is 0.220 e. The summed E-state index contributed by atoms with van der Waals surface area (Å²) in [5, 5.41) is 3.16. The van der Waals surface area contributed by atoms with Crippen LogP contribution in [0.3, 0.4) is 0 Å². The van der Waals surface area contributed by atoms with E-state index in [1.165, 1.54) is 0 Å². The maximum atomic E-state index is 12.2. The minimum absolute atomic E-state index is 0.0701. The van der Waals surface area contributed by atoms with Gasteiger partial charge in [-0.1, -0.05) is 18.2 Å². The van der Waals surface area contributed by atoms with Gasteiger partial charge in [0.2, 0.25) is 5.91 Å². The fraction of sp³-hybridized carbons (Fsp3) is 0.588. The van der Waals surface area contributed by atoms with E-state index in [1.807, 2.05) is 24.3 Å². The summed E-state index contributed by atoms with van der Waals surface area (Å²) >= 11 is 0. The van der Waals surface area contributed by atoms with Gasteiger partial charge in [-0.25, -0.2) is 0 Å². The average Bonchev–Trinajstić information content (AvgIpc) is 2.94. The predicted octanol–water partition coefficient (Wildman–Crippen LogP) is 2.98. The van der Waals surface area contributed by atoms with Gasteiger partial charge in [-0.3, -0.25) is 4.79 Å². The summed E-state index contributed by atoms with van der Waals surface area (Å²) < 4.78 is 11.3. The van der Waals surface area contributed by atoms with E-state index < -0.39 is 0 Å². The van der Waals surface area contributed by atoms with Crippen LogP contribution in [-0.2, 0) is 9.53 Å². The Morgan fingerprint density at radius 2 is 2.05 bits per heavy atom. The molecule has 1 aromatic carbocycles. The van der Waals surface area contributed by atoms with Crippen molar-refractivity contribution in [2.24, 2.45) is 0 Å². The van der Waals surface area contributed by atoms with Gasteiger partial charge in [0.25, 0.3) is 0 Å². The van der Waals surface area contributed by atoms with E-state index in [0.29, 0.717) is 6.42 Å². The van der Waals surface area contributed by atoms with Crippen molar-refractivity contribution in [2.75, 3.05) is 13.2 Å². The van der Waals surface area contributed by atoms with Gasteiger partial charge in [0.15, 0.2) is 0 Å². The molecule has 0 saturated carbocycles. The summed E-state index contributed by atoms with van der Waals surface area (Å²) in [4.78, 5) is 12.2. The summed E-state index contributed by atoms with van der Waals surface area (Å²) in [6, 6.07) is 8.07. The number of nitrogens with one attached hydrogen (secondary N) is 1. The number of ether oxygens (including phenoxy) is 2. The third-order valence-electron chi connectivity index (χ3n) is 4.24. The maximum absolute atomic E-state index is 12.2. The second-order valence-corrected chi connectivity index (χ2v) is 5.82. The highest BCUT2D eigenvalue weighted by Gasteiger charge is 2.22. The van der Waals surface area contributed by atoms with Crippen LogP contribution in [0.4, 0.5) is 0 Å². The van der Waals surface area contributed by atoms with Crippen molar-refractivity contribution in [3.63, 3.8) is 0 Å². The fourth-order valence-corrected chi connectivity index (χ4v) is 3.11. The first-order valence-electron chi connectivity index (χ1n) is 7.95. The second-order valence-electron chi connectivity index (χ2n) is 5.82. The predicted molar refractivity (Wildman–Crippen MR) is 80.3 cm³/mol. The van der Waals surface area contributed by atoms with Crippen molar-refractivity contribution < 1.29 is 14.3 Å². The number of amides is 1. The smallest absolute Gasteiger partial charge is 0.220 e. The molecule has 0 radical (unpaired) electrons. The Morgan fingerprint density at radius 3 is 2.90 bits per heavy atom. The van der Waals surface area contributed by atoms with Crippen LogP contribution >= 0.6 is 0 Å². The lowest BCUT2D eigenvalue weighted by molar-refractivity contribution is -0.122. The average molecular weight is 289 g/mol. The fourth-order valence-electron chi connectivity index (χ4n) is 3.11. The van der Waals surface area contributed by atoms with Crippen molar-refractivity contribution >= 4 is 5.91 Å². The summed E-state index contributed by atoms with van der Waals surface area (Å²) in [5.41, 5.74) is 1.10. The first-order chi connectivity index (χ1) is 10.3. The molecule has 1 saturated heterocycles. The summed E-state index contributed by atoms with van der Waals surface area (Å²) in [7, 11) is 0. The Balaban J connectivity index is 1.57. The molecule has 2 atom stereocenters. The SMILES string of the molecule is O=C(CCC1CCCO1)NC1CCCOc2ccccc21. The van der Waals surface area contributed by atoms with E-state index in [4.69, 9.17) is 9.47 Å². The van der Waals surface area contributed by atoms with Gasteiger partial charge in [-0.05, 0) is 38.2 Å². The van der Waals surface area contributed by atoms with Crippen LogP contribution < -0.4 is 10.1 Å². The molecule has 0 aromatic heterocycles. The van der Waals surface area contributed by atoms with Crippen molar-refractivity contribution in [3.8, 4) is 5.75 Å². The van der Waals surface area contributed by atoms with Gasteiger partial charge >= 0.3 is 0 Å². The van der Waals surface area contributed by atoms with E-state index in [2.05, 4.69) is 5.32 Å². The van der Waals surface area contributed by atoms with Crippen LogP contribution in [0.5, 0.6) is 5.75 Å². The van der Waals surface area contributed by atoms with E-state index in [-0.39, 0.29) is 18.1 Å². The van der Waals surface area contributed by atoms with Crippen LogP contribution in [0.15, 0.2) is 24.3 Å². The van der Waals surface area contributed by atoms with E-state index >= 15 is 0 Å². The number of hydrogen-bond acceptors (Lipinski definition) is 3. The summed E-state index contributed by atoms with van der Waals surface area (Å²) in [5.74, 6) is 1.02. The molecular formula is C17H23NO3. The third-order valence-corrected chi connectivity index (χ3v) is 4.24. The first kappa shape index (κ1) is 14.4. The first-order valence-corrected chi connectivity index (χ1v) is 7.95. The molecule has 3 rings (SSSR count). The minimum Gasteiger partial charge on any atom is -0.493 e. The van der Waals surface area contributed by atoms with Gasteiger partial charge in [0, 0.05) is 18.6 Å². The number of fused-ring (bicyclic) bond motifs is 1. The standard InChI is InChI=1S/C17H23NO3/c19-17(10-9-13-5-3-11-20-13)18-15-7-4-12-21-16-8-2-1-6-14(15)16/h1-2,6,8,13,15H,3-5,7,9-12H2,(H,18,19). The molecule has 0 spiro atoms. The zero-order valence-corrected chi connectivity index (χ0v) is 12.3. The number of hydrogen-bond donors (Lipinski definition) is 1. The lowest BCUT2D eigenvalue weighted by Crippen LogP contribution is -2.29. The topological polar surface area (TPSA) is 47.6 Å². The van der Waals surface area contributed by atoms with E-state index in [1.54, 1.807) is 0 Å². The van der Waals surface area contributed by atoms with Gasteiger partial charge in [-0.15, -0.1) is 0 Å². The highest BCUT2D eigenvalue weighted by atomic mass is 16.5. The van der Waals surface area contributed by atoms with Crippen LogP contribution in [0.2, 0.25) is 0 Å². The Morgan fingerprint density at radius 1 is 1.19 bits per heavy atom. The lowest BCUT2D eigenvalue weighted by Gasteiger charge is -2.19. The van der Waals surface area contributed by atoms with Gasteiger partial charge in [0.1, 0.15) is 5.75 Å². The second kappa shape index (κ2) is 6.94. The quantitative estimate of drug-likeness (QED) is 0.927. The van der Waals surface area contributed by atoms with Gasteiger partial charge in [0.05, 0.1) is 18.8 Å². The molecule has 0 bridgehead atoms. The van der Waals surface area contributed by atoms with Crippen LogP contribution in [0, 0.1) is 0 Å². The minimum atomic E-state index is 0.0701. The van der Waals surface area contributed by atoms with Crippen molar-refractivity contribution in [1.29, 1.82) is 0 Å². The number of rotatable bonds is 4. The number of carbonyl (C=O) groups excluding carboxylic acids is 1. The molecule has 4 heteroatoms. The Bertz CT molecular complexity index is 483. The Labute approximate surface area is 125 Å². The molecule has 1 N–H and O–H groups in total. The third kappa shape index (κ3) is 3.76. The van der Waals surface area contributed by atoms with Crippen molar-refractivity contribution in [3.05, 3.63) is 29.8 Å². The Kier molecular flexibility index (Phi) is 4.76. The molecule has 2 aliphatic heterocycles. The molecule has 114 valence electrons. The van der Waals surface area contributed by atoms with Gasteiger partial charge in [-0.2, -0.15) is 0 Å². The normalized spacial score (nSPS) is 24.8. The monoisotopic (exact) mass is 289 g/mol. The van der Waals surface area contributed by atoms with Crippen LogP contribution in [-0.4, -0.2) is 25.2 Å². The highest BCUT2D eigenvalue weighted by molar-refractivity contribution is 5.76. The molecule has 2 aliphatic rings. The molecule has 1 amide bonds. The van der Waals surface area contributed by atoms with Gasteiger partial charge < -0.3 is 14.8 Å². The number of benzene rings is 1. The Hall–Kier alpha value is -1.55. The largest absolute Gasteiger partial charge is 0.493 e. The molecule has 1 fully saturated rings. The van der Waals surface area contributed by atoms with E-state index in [0.717, 1.165) is 56.6 Å². The van der Waals surface area contributed by atoms with Crippen LogP contribution in [0.25, 0.3) is 0 Å². The summed E-state index contributed by atoms with van der Waals surface area (Å²) in [6.07, 6.45) is 5.77. The summed E-state index contributed by atoms with van der Waals surface area (Å²) in [6.45, 7) is 1.57. The number of para-hydroxylation sites is 1. The molecule has 2 unspecified atom stereocenters. The molecule has 0 aliphatic carbocycles.